The molecule has 0 amide bonds. The van der Waals surface area contributed by atoms with Gasteiger partial charge in [-0.3, -0.25) is 4.90 Å². The number of benzene rings is 1. The third-order valence-electron chi connectivity index (χ3n) is 5.33. The van der Waals surface area contributed by atoms with Crippen LogP contribution in [0.25, 0.3) is 0 Å². The van der Waals surface area contributed by atoms with E-state index >= 15 is 0 Å². The minimum Gasteiger partial charge on any atom is -0.382 e. The number of nitrogens with zero attached hydrogens (tertiary/aromatic N) is 4. The van der Waals surface area contributed by atoms with E-state index in [0.29, 0.717) is 5.56 Å². The molecule has 1 fully saturated rings. The number of halogens is 3. The fourth-order valence-corrected chi connectivity index (χ4v) is 3.50. The lowest BCUT2D eigenvalue weighted by molar-refractivity contribution is -0.137. The minimum atomic E-state index is -4.42. The summed E-state index contributed by atoms with van der Waals surface area (Å²) in [4.78, 5) is 6.04. The summed E-state index contributed by atoms with van der Waals surface area (Å²) < 4.78 is 40.2. The Hall–Kier alpha value is -2.19. The first-order valence-electron chi connectivity index (χ1n) is 8.83. The Morgan fingerprint density at radius 2 is 1.74 bits per heavy atom. The van der Waals surface area contributed by atoms with Crippen molar-refractivity contribution in [3.8, 4) is 0 Å². The molecule has 0 unspecified atom stereocenters. The summed E-state index contributed by atoms with van der Waals surface area (Å²) in [5.74, 6) is 0. The first-order chi connectivity index (χ1) is 12.7. The van der Waals surface area contributed by atoms with Crippen LogP contribution in [-0.2, 0) is 18.3 Å². The highest BCUT2D eigenvalue weighted by Crippen LogP contribution is 2.35. The van der Waals surface area contributed by atoms with Crippen LogP contribution >= 0.6 is 0 Å². The summed E-state index contributed by atoms with van der Waals surface area (Å²) in [6.07, 6.45) is 0.122. The Bertz CT molecular complexity index is 763. The van der Waals surface area contributed by atoms with Crippen LogP contribution in [-0.4, -0.2) is 43.9 Å². The van der Waals surface area contributed by atoms with Crippen molar-refractivity contribution in [2.75, 3.05) is 13.1 Å². The molecule has 146 valence electrons. The van der Waals surface area contributed by atoms with E-state index < -0.39 is 17.3 Å². The quantitative estimate of drug-likeness (QED) is 0.810. The Morgan fingerprint density at radius 3 is 2.26 bits per heavy atom. The van der Waals surface area contributed by atoms with Gasteiger partial charge < -0.3 is 5.11 Å². The highest BCUT2D eigenvalue weighted by atomic mass is 19.4. The number of alkyl halides is 3. The number of aromatic nitrogens is 3. The Kier molecular flexibility index (Phi) is 5.39. The first kappa shape index (κ1) is 19.6. The molecule has 0 spiro atoms. The Labute approximate surface area is 156 Å². The highest BCUT2D eigenvalue weighted by Gasteiger charge is 2.41. The van der Waals surface area contributed by atoms with Crippen molar-refractivity contribution in [3.05, 3.63) is 60.2 Å². The summed E-state index contributed by atoms with van der Waals surface area (Å²) in [5, 5.41) is 15.7. The zero-order valence-corrected chi connectivity index (χ0v) is 15.2. The lowest BCUT2D eigenvalue weighted by Crippen LogP contribution is -2.53. The summed E-state index contributed by atoms with van der Waals surface area (Å²) in [7, 11) is 0. The summed E-state index contributed by atoms with van der Waals surface area (Å²) >= 11 is 0. The van der Waals surface area contributed by atoms with E-state index in [4.69, 9.17) is 0 Å². The molecule has 3 rings (SSSR count). The molecule has 2 aromatic rings. The molecule has 1 aromatic carbocycles. The van der Waals surface area contributed by atoms with Gasteiger partial charge in [0.25, 0.3) is 0 Å². The van der Waals surface area contributed by atoms with Gasteiger partial charge in [0.05, 0.1) is 12.1 Å². The summed E-state index contributed by atoms with van der Waals surface area (Å²) in [6.45, 7) is 7.49. The lowest BCUT2D eigenvalue weighted by Gasteiger charge is -2.43. The molecule has 1 aliphatic heterocycles. The van der Waals surface area contributed by atoms with E-state index in [2.05, 4.69) is 21.6 Å². The van der Waals surface area contributed by atoms with Crippen molar-refractivity contribution in [2.45, 2.75) is 44.1 Å². The van der Waals surface area contributed by atoms with Crippen LogP contribution in [0.1, 0.15) is 30.9 Å². The number of hydrogen-bond acceptors (Lipinski definition) is 4. The molecule has 2 atom stereocenters. The van der Waals surface area contributed by atoms with Crippen LogP contribution in [0.3, 0.4) is 0 Å². The van der Waals surface area contributed by atoms with E-state index in [1.807, 2.05) is 6.92 Å². The Morgan fingerprint density at radius 1 is 1.15 bits per heavy atom. The van der Waals surface area contributed by atoms with Crippen LogP contribution < -0.4 is 0 Å². The van der Waals surface area contributed by atoms with Gasteiger partial charge in [0.15, 0.2) is 0 Å². The van der Waals surface area contributed by atoms with Crippen molar-refractivity contribution >= 4 is 0 Å². The fourth-order valence-electron chi connectivity index (χ4n) is 3.50. The number of piperidine rings is 1. The third-order valence-corrected chi connectivity index (χ3v) is 5.33. The molecular weight excluding hydrogens is 357 g/mol. The normalized spacial score (nSPS) is 19.7. The van der Waals surface area contributed by atoms with Gasteiger partial charge in [-0.2, -0.15) is 18.3 Å². The van der Waals surface area contributed by atoms with E-state index in [1.165, 1.54) is 35.0 Å². The second kappa shape index (κ2) is 7.44. The second-order valence-electron chi connectivity index (χ2n) is 7.05. The van der Waals surface area contributed by atoms with Gasteiger partial charge in [-0.05, 0) is 37.5 Å². The SMILES string of the molecule is C=C1CCN([C@@H](C)[C@@](O)(Cn2cncn2)c2ccc(C(F)(F)F)cc2)CC1. The molecule has 2 heterocycles. The van der Waals surface area contributed by atoms with Gasteiger partial charge in [0.1, 0.15) is 18.3 Å². The predicted molar refractivity (Wildman–Crippen MR) is 94.8 cm³/mol. The van der Waals surface area contributed by atoms with Crippen LogP contribution in [0.15, 0.2) is 49.1 Å². The van der Waals surface area contributed by atoms with Crippen LogP contribution in [0, 0.1) is 0 Å². The molecule has 0 bridgehead atoms. The van der Waals surface area contributed by atoms with Gasteiger partial charge in [0.2, 0.25) is 0 Å². The fraction of sp³-hybridized carbons (Fsp3) is 0.474. The third kappa shape index (κ3) is 4.22. The molecule has 0 radical (unpaired) electrons. The molecule has 27 heavy (non-hydrogen) atoms. The maximum Gasteiger partial charge on any atom is 0.416 e. The average Bonchev–Trinajstić information content (AvgIpc) is 3.14. The molecule has 8 heteroatoms. The van der Waals surface area contributed by atoms with Crippen molar-refractivity contribution in [3.63, 3.8) is 0 Å². The van der Waals surface area contributed by atoms with E-state index in [0.717, 1.165) is 38.1 Å². The highest BCUT2D eigenvalue weighted by molar-refractivity contribution is 5.30. The van der Waals surface area contributed by atoms with Gasteiger partial charge in [-0.15, -0.1) is 0 Å². The lowest BCUT2D eigenvalue weighted by atomic mass is 9.84. The monoisotopic (exact) mass is 380 g/mol. The molecular formula is C19H23F3N4O. The Balaban J connectivity index is 1.93. The second-order valence-corrected chi connectivity index (χ2v) is 7.05. The number of hydrogen-bond donors (Lipinski definition) is 1. The van der Waals surface area contributed by atoms with Crippen molar-refractivity contribution in [1.29, 1.82) is 0 Å². The molecule has 1 aliphatic rings. The predicted octanol–water partition coefficient (Wildman–Crippen LogP) is 3.23. The van der Waals surface area contributed by atoms with Crippen LogP contribution in [0.5, 0.6) is 0 Å². The van der Waals surface area contributed by atoms with Crippen LogP contribution in [0.4, 0.5) is 13.2 Å². The smallest absolute Gasteiger partial charge is 0.382 e. The maximum absolute atomic E-state index is 12.9. The van der Waals surface area contributed by atoms with E-state index in [1.54, 1.807) is 0 Å². The molecule has 1 N–H and O–H groups in total. The number of aliphatic hydroxyl groups is 1. The average molecular weight is 380 g/mol. The van der Waals surface area contributed by atoms with Crippen LogP contribution in [0.2, 0.25) is 0 Å². The zero-order valence-electron chi connectivity index (χ0n) is 15.2. The van der Waals surface area contributed by atoms with Gasteiger partial charge >= 0.3 is 6.18 Å². The topological polar surface area (TPSA) is 54.2 Å². The number of rotatable bonds is 5. The van der Waals surface area contributed by atoms with Gasteiger partial charge in [-0.1, -0.05) is 24.3 Å². The van der Waals surface area contributed by atoms with E-state index in [-0.39, 0.29) is 12.6 Å². The maximum atomic E-state index is 12.9. The van der Waals surface area contributed by atoms with Crippen molar-refractivity contribution < 1.29 is 18.3 Å². The van der Waals surface area contributed by atoms with Gasteiger partial charge in [-0.25, -0.2) is 9.67 Å². The first-order valence-corrected chi connectivity index (χ1v) is 8.83. The van der Waals surface area contributed by atoms with Gasteiger partial charge in [0, 0.05) is 19.1 Å². The molecule has 0 aliphatic carbocycles. The summed E-state index contributed by atoms with van der Waals surface area (Å²) in [5.41, 5.74) is -0.566. The zero-order chi connectivity index (χ0) is 19.7. The number of likely N-dealkylation sites (tertiary alicyclic amines) is 1. The molecule has 1 aromatic heterocycles. The largest absolute Gasteiger partial charge is 0.416 e. The summed E-state index contributed by atoms with van der Waals surface area (Å²) in [6, 6.07) is 4.38. The minimum absolute atomic E-state index is 0.0942. The van der Waals surface area contributed by atoms with Crippen molar-refractivity contribution in [1.82, 2.24) is 19.7 Å². The van der Waals surface area contributed by atoms with Crippen molar-refractivity contribution in [2.24, 2.45) is 0 Å². The molecule has 0 saturated carbocycles. The molecule has 5 nitrogen and oxygen atoms in total. The molecule has 1 saturated heterocycles. The van der Waals surface area contributed by atoms with E-state index in [9.17, 15) is 18.3 Å². The standard InChI is InChI=1S/C19H23F3N4O/c1-14-7-9-25(10-8-14)15(2)18(27,11-26-13-23-12-24-26)16-3-5-17(6-4-16)19(20,21)22/h3-6,12-13,15,27H,1,7-11H2,2H3/t15-,18-/m0/s1.